The first-order valence-corrected chi connectivity index (χ1v) is 2.31. The van der Waals surface area contributed by atoms with Crippen molar-refractivity contribution < 1.29 is 14.3 Å². The number of aliphatic hydroxyl groups excluding tert-OH is 1. The number of hydrogen-bond donors (Lipinski definition) is 3. The number of nitrogens with one attached hydrogen (secondary N) is 2. The molecule has 2 amide bonds. The number of amides is 2. The normalized spacial score (nSPS) is 26.2. The monoisotopic (exact) mass is 132 g/mol. The van der Waals surface area contributed by atoms with Gasteiger partial charge >= 0.3 is 6.03 Å². The van der Waals surface area contributed by atoms with Gasteiger partial charge in [0.05, 0.1) is 0 Å². The third kappa shape index (κ3) is 1.17. The molecule has 0 fully saturated rings. The van der Waals surface area contributed by atoms with Gasteiger partial charge in [0, 0.05) is 6.20 Å². The van der Waals surface area contributed by atoms with Gasteiger partial charge in [-0.15, -0.1) is 0 Å². The lowest BCUT2D eigenvalue weighted by atomic mass is 10.4. The van der Waals surface area contributed by atoms with E-state index in [4.69, 9.17) is 5.11 Å². The largest absolute Gasteiger partial charge is 0.367 e. The first-order chi connectivity index (χ1) is 4.20. The molecule has 9 heavy (non-hydrogen) atoms. The Hall–Kier alpha value is -1.10. The summed E-state index contributed by atoms with van der Waals surface area (Å²) in [5.74, 6) is -0.797. The van der Waals surface area contributed by atoms with E-state index >= 15 is 0 Å². The zero-order valence-corrected chi connectivity index (χ0v) is 4.39. The summed E-state index contributed by atoms with van der Waals surface area (Å²) in [5, 5.41) is 12.4. The quantitative estimate of drug-likeness (QED) is 0.413. The van der Waals surface area contributed by atoms with Crippen LogP contribution in [-0.2, 0) is 0 Å². The summed E-state index contributed by atoms with van der Waals surface area (Å²) < 4.78 is 12.1. The van der Waals surface area contributed by atoms with E-state index in [0.717, 1.165) is 6.20 Å². The van der Waals surface area contributed by atoms with Crippen LogP contribution in [0.4, 0.5) is 9.18 Å². The van der Waals surface area contributed by atoms with Crippen molar-refractivity contribution in [3.8, 4) is 0 Å². The standard InChI is InChI=1S/C4H5FN2O2/c5-2-1-6-4(9)7-3(2)8/h1,3,8H,(H2,6,7,9)/t3-/m0/s1. The molecule has 0 unspecified atom stereocenters. The molecule has 1 rings (SSSR count). The van der Waals surface area contributed by atoms with Crippen molar-refractivity contribution in [1.82, 2.24) is 10.6 Å². The lowest BCUT2D eigenvalue weighted by Crippen LogP contribution is -2.44. The van der Waals surface area contributed by atoms with Crippen LogP contribution in [0, 0.1) is 0 Å². The Morgan fingerprint density at radius 1 is 1.78 bits per heavy atom. The fourth-order valence-corrected chi connectivity index (χ4v) is 0.448. The molecular weight excluding hydrogens is 127 g/mol. The van der Waals surface area contributed by atoms with Gasteiger partial charge in [0.15, 0.2) is 12.1 Å². The maximum atomic E-state index is 12.1. The Balaban J connectivity index is 2.67. The SMILES string of the molecule is O=C1NC=C(F)[C@H](O)N1. The summed E-state index contributed by atoms with van der Waals surface area (Å²) >= 11 is 0. The fraction of sp³-hybridized carbons (Fsp3) is 0.250. The van der Waals surface area contributed by atoms with Crippen molar-refractivity contribution in [3.05, 3.63) is 12.0 Å². The van der Waals surface area contributed by atoms with E-state index in [0.29, 0.717) is 0 Å². The summed E-state index contributed by atoms with van der Waals surface area (Å²) in [6.45, 7) is 0. The van der Waals surface area contributed by atoms with Crippen LogP contribution in [0.3, 0.4) is 0 Å². The molecule has 1 heterocycles. The van der Waals surface area contributed by atoms with Crippen molar-refractivity contribution in [3.63, 3.8) is 0 Å². The minimum absolute atomic E-state index is 0.607. The lowest BCUT2D eigenvalue weighted by molar-refractivity contribution is 0.142. The van der Waals surface area contributed by atoms with E-state index in [1.807, 2.05) is 10.6 Å². The van der Waals surface area contributed by atoms with Gasteiger partial charge in [-0.25, -0.2) is 9.18 Å². The summed E-state index contributed by atoms with van der Waals surface area (Å²) in [4.78, 5) is 10.2. The molecule has 0 bridgehead atoms. The second-order valence-corrected chi connectivity index (χ2v) is 1.55. The van der Waals surface area contributed by atoms with Gasteiger partial charge in [-0.3, -0.25) is 0 Å². The van der Waals surface area contributed by atoms with Crippen LogP contribution < -0.4 is 10.6 Å². The molecule has 0 radical (unpaired) electrons. The average molecular weight is 132 g/mol. The maximum Gasteiger partial charge on any atom is 0.321 e. The van der Waals surface area contributed by atoms with E-state index < -0.39 is 18.1 Å². The zero-order valence-electron chi connectivity index (χ0n) is 4.39. The Labute approximate surface area is 50.4 Å². The summed E-state index contributed by atoms with van der Waals surface area (Å²) in [5.41, 5.74) is 0. The van der Waals surface area contributed by atoms with Gasteiger partial charge in [-0.05, 0) is 0 Å². The lowest BCUT2D eigenvalue weighted by Gasteiger charge is -2.14. The summed E-state index contributed by atoms with van der Waals surface area (Å²) in [6, 6.07) is -0.607. The molecule has 1 aliphatic rings. The van der Waals surface area contributed by atoms with Crippen molar-refractivity contribution in [2.75, 3.05) is 0 Å². The fourth-order valence-electron chi connectivity index (χ4n) is 0.448. The highest BCUT2D eigenvalue weighted by Crippen LogP contribution is 2.01. The van der Waals surface area contributed by atoms with Crippen LogP contribution >= 0.6 is 0 Å². The molecule has 0 aromatic heterocycles. The summed E-state index contributed by atoms with van der Waals surface area (Å²) in [7, 11) is 0. The number of hydrogen-bond acceptors (Lipinski definition) is 2. The first-order valence-electron chi connectivity index (χ1n) is 2.31. The topological polar surface area (TPSA) is 61.4 Å². The molecule has 1 atom stereocenters. The first kappa shape index (κ1) is 6.03. The Morgan fingerprint density at radius 2 is 2.44 bits per heavy atom. The second-order valence-electron chi connectivity index (χ2n) is 1.55. The van der Waals surface area contributed by atoms with Crippen LogP contribution in [0.15, 0.2) is 12.0 Å². The number of halogens is 1. The zero-order chi connectivity index (χ0) is 6.85. The van der Waals surface area contributed by atoms with Crippen molar-refractivity contribution in [2.45, 2.75) is 6.23 Å². The van der Waals surface area contributed by atoms with Gasteiger partial charge in [-0.2, -0.15) is 0 Å². The molecule has 0 saturated heterocycles. The minimum atomic E-state index is -1.49. The van der Waals surface area contributed by atoms with Crippen LogP contribution in [0.1, 0.15) is 0 Å². The number of rotatable bonds is 0. The van der Waals surface area contributed by atoms with Crippen molar-refractivity contribution >= 4 is 6.03 Å². The van der Waals surface area contributed by atoms with Crippen molar-refractivity contribution in [2.24, 2.45) is 0 Å². The van der Waals surface area contributed by atoms with Gasteiger partial charge in [0.2, 0.25) is 0 Å². The average Bonchev–Trinajstić information content (AvgIpc) is 1.80. The van der Waals surface area contributed by atoms with Gasteiger partial charge < -0.3 is 15.7 Å². The molecule has 0 aromatic carbocycles. The molecule has 1 aliphatic heterocycles. The third-order valence-corrected chi connectivity index (χ3v) is 0.870. The molecule has 0 aromatic rings. The molecule has 0 saturated carbocycles. The summed E-state index contributed by atoms with van der Waals surface area (Å²) in [6.07, 6.45) is -0.678. The van der Waals surface area contributed by atoms with Gasteiger partial charge in [-0.1, -0.05) is 0 Å². The Bertz CT molecular complexity index is 168. The highest BCUT2D eigenvalue weighted by molar-refractivity contribution is 5.76. The molecule has 50 valence electrons. The molecule has 5 heteroatoms. The van der Waals surface area contributed by atoms with Gasteiger partial charge in [0.1, 0.15) is 0 Å². The number of carbonyl (C=O) groups excluding carboxylic acids is 1. The van der Waals surface area contributed by atoms with E-state index in [9.17, 15) is 9.18 Å². The van der Waals surface area contributed by atoms with E-state index in [1.165, 1.54) is 0 Å². The van der Waals surface area contributed by atoms with Crippen LogP contribution in [0.5, 0.6) is 0 Å². The highest BCUT2D eigenvalue weighted by atomic mass is 19.1. The molecule has 0 spiro atoms. The smallest absolute Gasteiger partial charge is 0.321 e. The Morgan fingerprint density at radius 3 is 2.89 bits per heavy atom. The maximum absolute atomic E-state index is 12.1. The predicted molar refractivity (Wildman–Crippen MR) is 26.9 cm³/mol. The second kappa shape index (κ2) is 2.02. The van der Waals surface area contributed by atoms with Crippen LogP contribution in [0.25, 0.3) is 0 Å². The number of aliphatic hydroxyl groups is 1. The molecule has 0 aliphatic carbocycles. The van der Waals surface area contributed by atoms with Crippen molar-refractivity contribution in [1.29, 1.82) is 0 Å². The van der Waals surface area contributed by atoms with Gasteiger partial charge in [0.25, 0.3) is 0 Å². The molecular formula is C4H5FN2O2. The predicted octanol–water partition coefficient (Wildman–Crippen LogP) is -0.572. The molecule has 3 N–H and O–H groups in total. The van der Waals surface area contributed by atoms with E-state index in [1.54, 1.807) is 0 Å². The molecule has 4 nitrogen and oxygen atoms in total. The van der Waals surface area contributed by atoms with E-state index in [-0.39, 0.29) is 0 Å². The Kier molecular flexibility index (Phi) is 1.35. The van der Waals surface area contributed by atoms with Crippen LogP contribution in [-0.4, -0.2) is 17.4 Å². The number of urea groups is 1. The third-order valence-electron chi connectivity index (χ3n) is 0.870. The van der Waals surface area contributed by atoms with E-state index in [2.05, 4.69) is 0 Å². The minimum Gasteiger partial charge on any atom is -0.367 e. The highest BCUT2D eigenvalue weighted by Gasteiger charge is 2.17. The number of carbonyl (C=O) groups is 1. The van der Waals surface area contributed by atoms with Crippen LogP contribution in [0.2, 0.25) is 0 Å².